The number of hydrogen-bond donors (Lipinski definition) is 0. The van der Waals surface area contributed by atoms with Gasteiger partial charge >= 0.3 is 15.2 Å². The molecule has 1 aromatic carbocycles. The van der Waals surface area contributed by atoms with Crippen molar-refractivity contribution in [3.05, 3.63) is 35.9 Å². The van der Waals surface area contributed by atoms with Gasteiger partial charge in [-0.2, -0.15) is 0 Å². The van der Waals surface area contributed by atoms with Gasteiger partial charge in [-0.25, -0.2) is 0 Å². The van der Waals surface area contributed by atoms with E-state index in [4.69, 9.17) is 18.1 Å². The van der Waals surface area contributed by atoms with Gasteiger partial charge in [-0.1, -0.05) is 30.3 Å². The summed E-state index contributed by atoms with van der Waals surface area (Å²) < 4.78 is 49.7. The van der Waals surface area contributed by atoms with E-state index < -0.39 is 26.5 Å². The lowest BCUT2D eigenvalue weighted by atomic mass is 9.76. The molecule has 7 nitrogen and oxygen atoms in total. The van der Waals surface area contributed by atoms with E-state index >= 15 is 0 Å². The molecule has 0 bridgehead atoms. The van der Waals surface area contributed by atoms with E-state index in [2.05, 4.69) is 12.1 Å². The second-order valence-electron chi connectivity index (χ2n) is 7.51. The van der Waals surface area contributed by atoms with Gasteiger partial charge in [0.1, 0.15) is 5.78 Å². The number of carbonyl (C=O) groups excluding carboxylic acids is 1. The summed E-state index contributed by atoms with van der Waals surface area (Å²) in [6.45, 7) is 7.29. The zero-order valence-corrected chi connectivity index (χ0v) is 20.8. The Bertz CT molecular complexity index is 733. The molecule has 1 aliphatic rings. The van der Waals surface area contributed by atoms with E-state index in [9.17, 15) is 13.9 Å². The molecule has 0 radical (unpaired) electrons. The van der Waals surface area contributed by atoms with Gasteiger partial charge in [0.15, 0.2) is 5.40 Å². The van der Waals surface area contributed by atoms with Crippen molar-refractivity contribution in [3.8, 4) is 0 Å². The molecule has 1 fully saturated rings. The van der Waals surface area contributed by atoms with Crippen molar-refractivity contribution < 1.29 is 32.0 Å². The van der Waals surface area contributed by atoms with Crippen molar-refractivity contribution >= 4 is 21.0 Å². The highest BCUT2D eigenvalue weighted by Gasteiger charge is 2.52. The van der Waals surface area contributed by atoms with Gasteiger partial charge in [0.2, 0.25) is 0 Å². The molecule has 1 saturated carbocycles. The van der Waals surface area contributed by atoms with Crippen LogP contribution in [0.25, 0.3) is 0 Å². The molecule has 0 saturated heterocycles. The molecule has 2 rings (SSSR count). The van der Waals surface area contributed by atoms with Crippen LogP contribution in [0.4, 0.5) is 0 Å². The van der Waals surface area contributed by atoms with Crippen molar-refractivity contribution in [2.24, 2.45) is 5.92 Å². The number of Topliss-reactive ketones (excluding diaryl/α,β-unsaturated/α-hetero) is 1. The third-order valence-corrected chi connectivity index (χ3v) is 11.5. The summed E-state index contributed by atoms with van der Waals surface area (Å²) in [4.78, 5) is 12.8. The fourth-order valence-electron chi connectivity index (χ4n) is 4.19. The van der Waals surface area contributed by atoms with Gasteiger partial charge in [-0.3, -0.25) is 13.9 Å². The molecule has 1 aromatic rings. The molecule has 0 N–H and O–H groups in total. The molecular weight excluding hydrogens is 438 g/mol. The standard InChI is InChI=1S/C22H36O7P2/c1-5-26-30(24,27-6-2)22(31(25,28-7-3)29-8-4)17-20-16-19(14-15-21(20)23)18-12-10-9-11-13-18/h9-13,19-20,22H,5-8,14-17H2,1-4H3/t19-,20-/m0/s1. The minimum Gasteiger partial charge on any atom is -0.308 e. The lowest BCUT2D eigenvalue weighted by Crippen LogP contribution is -2.29. The maximum Gasteiger partial charge on any atom is 0.345 e. The highest BCUT2D eigenvalue weighted by atomic mass is 31.2. The van der Waals surface area contributed by atoms with E-state index in [1.165, 1.54) is 5.56 Å². The highest BCUT2D eigenvalue weighted by Crippen LogP contribution is 2.72. The summed E-state index contributed by atoms with van der Waals surface area (Å²) in [5, 5.41) is -1.15. The third-order valence-electron chi connectivity index (χ3n) is 5.50. The normalized spacial score (nSPS) is 20.4. The molecule has 0 heterocycles. The summed E-state index contributed by atoms with van der Waals surface area (Å²) in [6, 6.07) is 10.1. The minimum absolute atomic E-state index is 0.0799. The quantitative estimate of drug-likeness (QED) is 0.306. The first-order valence-electron chi connectivity index (χ1n) is 11.2. The Labute approximate surface area is 186 Å². The van der Waals surface area contributed by atoms with Gasteiger partial charge < -0.3 is 18.1 Å². The van der Waals surface area contributed by atoms with E-state index in [-0.39, 0.29) is 44.5 Å². The molecule has 0 aromatic heterocycles. The molecule has 1 aliphatic carbocycles. The fraction of sp³-hybridized carbons (Fsp3) is 0.682. The smallest absolute Gasteiger partial charge is 0.308 e. The second-order valence-corrected chi connectivity index (χ2v) is 12.4. The zero-order valence-electron chi connectivity index (χ0n) is 19.0. The summed E-state index contributed by atoms with van der Waals surface area (Å²) in [7, 11) is -7.72. The van der Waals surface area contributed by atoms with Gasteiger partial charge in [-0.05, 0) is 58.4 Å². The first-order valence-corrected chi connectivity index (χ1v) is 14.4. The Balaban J connectivity index is 2.39. The van der Waals surface area contributed by atoms with Crippen LogP contribution in [0.3, 0.4) is 0 Å². The van der Waals surface area contributed by atoms with Crippen LogP contribution in [-0.4, -0.2) is 37.6 Å². The van der Waals surface area contributed by atoms with Crippen LogP contribution in [0.15, 0.2) is 30.3 Å². The van der Waals surface area contributed by atoms with E-state index in [0.717, 1.165) is 6.42 Å². The SMILES string of the molecule is CCOP(=O)(OCC)C(C[C@@H]1C[C@@H](c2ccccc2)CCC1=O)P(=O)(OCC)OCC. The number of hydrogen-bond acceptors (Lipinski definition) is 7. The number of ketones is 1. The van der Waals surface area contributed by atoms with Gasteiger partial charge in [0.25, 0.3) is 0 Å². The largest absolute Gasteiger partial charge is 0.345 e. The summed E-state index contributed by atoms with van der Waals surface area (Å²) in [6.07, 6.45) is 1.87. The molecule has 31 heavy (non-hydrogen) atoms. The van der Waals surface area contributed by atoms with Crippen molar-refractivity contribution in [2.75, 3.05) is 26.4 Å². The van der Waals surface area contributed by atoms with Crippen LogP contribution in [-0.2, 0) is 32.0 Å². The van der Waals surface area contributed by atoms with Crippen molar-refractivity contribution in [2.45, 2.75) is 64.7 Å². The van der Waals surface area contributed by atoms with Crippen LogP contribution < -0.4 is 0 Å². The minimum atomic E-state index is -3.86. The fourth-order valence-corrected chi connectivity index (χ4v) is 9.68. The predicted octanol–water partition coefficient (Wildman–Crippen LogP) is 6.39. The van der Waals surface area contributed by atoms with Crippen LogP contribution in [0.2, 0.25) is 0 Å². The lowest BCUT2D eigenvalue weighted by Gasteiger charge is -2.35. The van der Waals surface area contributed by atoms with Crippen molar-refractivity contribution in [1.29, 1.82) is 0 Å². The Morgan fingerprint density at radius 1 is 0.871 bits per heavy atom. The average Bonchev–Trinajstić information content (AvgIpc) is 2.74. The van der Waals surface area contributed by atoms with E-state index in [1.807, 2.05) is 18.2 Å². The Morgan fingerprint density at radius 2 is 1.35 bits per heavy atom. The molecule has 0 unspecified atom stereocenters. The summed E-state index contributed by atoms with van der Waals surface area (Å²) in [5.41, 5.74) is 1.17. The van der Waals surface area contributed by atoms with E-state index in [1.54, 1.807) is 27.7 Å². The number of carbonyl (C=O) groups is 1. The Morgan fingerprint density at radius 3 is 1.81 bits per heavy atom. The third kappa shape index (κ3) is 6.83. The molecular formula is C22H36O7P2. The lowest BCUT2D eigenvalue weighted by molar-refractivity contribution is -0.125. The average molecular weight is 474 g/mol. The molecule has 0 aliphatic heterocycles. The zero-order chi connectivity index (χ0) is 22.9. The van der Waals surface area contributed by atoms with Crippen molar-refractivity contribution in [1.82, 2.24) is 0 Å². The van der Waals surface area contributed by atoms with Crippen molar-refractivity contribution in [3.63, 3.8) is 0 Å². The van der Waals surface area contributed by atoms with Gasteiger partial charge in [0, 0.05) is 12.3 Å². The van der Waals surface area contributed by atoms with Gasteiger partial charge in [0.05, 0.1) is 26.4 Å². The van der Waals surface area contributed by atoms with Gasteiger partial charge in [-0.15, -0.1) is 0 Å². The maximum absolute atomic E-state index is 13.8. The Kier molecular flexibility index (Phi) is 10.6. The summed E-state index contributed by atoms with van der Waals surface area (Å²) in [5.74, 6) is -0.134. The number of rotatable bonds is 13. The first-order chi connectivity index (χ1) is 14.8. The predicted molar refractivity (Wildman–Crippen MR) is 122 cm³/mol. The molecule has 0 amide bonds. The summed E-state index contributed by atoms with van der Waals surface area (Å²) >= 11 is 0. The Hall–Kier alpha value is -0.810. The van der Waals surface area contributed by atoms with E-state index in [0.29, 0.717) is 12.8 Å². The van der Waals surface area contributed by atoms with Crippen LogP contribution >= 0.6 is 15.2 Å². The van der Waals surface area contributed by atoms with Crippen LogP contribution in [0.5, 0.6) is 0 Å². The molecule has 0 spiro atoms. The molecule has 9 heteroatoms. The molecule has 2 atom stereocenters. The van der Waals surface area contributed by atoms with Crippen LogP contribution in [0.1, 0.15) is 64.9 Å². The maximum atomic E-state index is 13.8. The highest BCUT2D eigenvalue weighted by molar-refractivity contribution is 7.72. The second kappa shape index (κ2) is 12.4. The topological polar surface area (TPSA) is 88.1 Å². The van der Waals surface area contributed by atoms with Crippen LogP contribution in [0, 0.1) is 5.92 Å². The first kappa shape index (κ1) is 26.4. The monoisotopic (exact) mass is 474 g/mol. The molecule has 176 valence electrons. The number of benzene rings is 1.